The first-order valence-electron chi connectivity index (χ1n) is 9.76. The average Bonchev–Trinajstić information content (AvgIpc) is 3.47. The third kappa shape index (κ3) is 3.92. The maximum Gasteiger partial charge on any atom is 0.191 e. The average molecular weight is 425 g/mol. The lowest BCUT2D eigenvalue weighted by Crippen LogP contribution is -2.16. The summed E-state index contributed by atoms with van der Waals surface area (Å²) in [6, 6.07) is 16.2. The lowest BCUT2D eigenvalue weighted by molar-refractivity contribution is 0.0953. The van der Waals surface area contributed by atoms with Crippen LogP contribution in [0.2, 0.25) is 5.02 Å². The molecule has 4 aromatic rings. The number of aromatic nitrogens is 4. The Balaban J connectivity index is 1.49. The van der Waals surface area contributed by atoms with E-state index in [-0.39, 0.29) is 6.10 Å². The summed E-state index contributed by atoms with van der Waals surface area (Å²) in [5, 5.41) is 11.9. The molecule has 1 unspecified atom stereocenters. The van der Waals surface area contributed by atoms with E-state index in [1.165, 1.54) is 5.56 Å². The molecule has 29 heavy (non-hydrogen) atoms. The van der Waals surface area contributed by atoms with Crippen LogP contribution in [0.4, 0.5) is 0 Å². The van der Waals surface area contributed by atoms with E-state index >= 15 is 0 Å². The molecular formula is C22H21ClN4OS. The van der Waals surface area contributed by atoms with Gasteiger partial charge in [0.15, 0.2) is 11.0 Å². The molecule has 1 fully saturated rings. The van der Waals surface area contributed by atoms with Crippen LogP contribution < -0.4 is 0 Å². The minimum absolute atomic E-state index is 0.209. The van der Waals surface area contributed by atoms with Gasteiger partial charge in [0, 0.05) is 40.0 Å². The quantitative estimate of drug-likeness (QED) is 0.412. The van der Waals surface area contributed by atoms with Crippen molar-refractivity contribution in [3.05, 3.63) is 65.3 Å². The Kier molecular flexibility index (Phi) is 5.31. The second-order valence-corrected chi connectivity index (χ2v) is 8.60. The van der Waals surface area contributed by atoms with E-state index in [4.69, 9.17) is 16.3 Å². The van der Waals surface area contributed by atoms with Gasteiger partial charge in [-0.3, -0.25) is 4.57 Å². The highest BCUT2D eigenvalue weighted by atomic mass is 35.5. The largest absolute Gasteiger partial charge is 0.376 e. The molecule has 2 aromatic carbocycles. The molecule has 1 N–H and O–H groups in total. The lowest BCUT2D eigenvalue weighted by atomic mass is 10.1. The van der Waals surface area contributed by atoms with Crippen LogP contribution >= 0.6 is 23.4 Å². The number of hydrogen-bond donors (Lipinski definition) is 1. The molecule has 3 heterocycles. The number of para-hydroxylation sites is 1. The molecule has 0 saturated carbocycles. The number of nitrogens with zero attached hydrogens (tertiary/aromatic N) is 3. The summed E-state index contributed by atoms with van der Waals surface area (Å²) in [4.78, 5) is 3.35. The van der Waals surface area contributed by atoms with Gasteiger partial charge < -0.3 is 9.72 Å². The number of fused-ring (bicyclic) bond motifs is 1. The number of aromatic amines is 1. The Morgan fingerprint density at radius 2 is 2.10 bits per heavy atom. The summed E-state index contributed by atoms with van der Waals surface area (Å²) in [6.07, 6.45) is 4.41. The summed E-state index contributed by atoms with van der Waals surface area (Å²) in [5.74, 6) is 1.67. The number of ether oxygens (including phenoxy) is 1. The van der Waals surface area contributed by atoms with Crippen molar-refractivity contribution in [3.63, 3.8) is 0 Å². The van der Waals surface area contributed by atoms with Gasteiger partial charge in [0.2, 0.25) is 0 Å². The molecule has 7 heteroatoms. The zero-order valence-electron chi connectivity index (χ0n) is 15.8. The highest BCUT2D eigenvalue weighted by Crippen LogP contribution is 2.32. The van der Waals surface area contributed by atoms with Crippen LogP contribution in [-0.4, -0.2) is 32.5 Å². The first-order chi connectivity index (χ1) is 14.3. The van der Waals surface area contributed by atoms with Crippen molar-refractivity contribution in [1.82, 2.24) is 19.7 Å². The van der Waals surface area contributed by atoms with Crippen LogP contribution in [0.5, 0.6) is 0 Å². The monoisotopic (exact) mass is 424 g/mol. The van der Waals surface area contributed by atoms with Crippen molar-refractivity contribution < 1.29 is 4.74 Å². The van der Waals surface area contributed by atoms with Crippen molar-refractivity contribution in [3.8, 4) is 11.4 Å². The maximum atomic E-state index is 6.14. The van der Waals surface area contributed by atoms with Crippen molar-refractivity contribution in [2.75, 3.05) is 6.61 Å². The third-order valence-electron chi connectivity index (χ3n) is 5.21. The Morgan fingerprint density at radius 1 is 1.17 bits per heavy atom. The second-order valence-electron chi connectivity index (χ2n) is 7.22. The molecule has 1 saturated heterocycles. The summed E-state index contributed by atoms with van der Waals surface area (Å²) in [5.41, 5.74) is 3.34. The molecule has 2 aromatic heterocycles. The van der Waals surface area contributed by atoms with Gasteiger partial charge in [-0.25, -0.2) is 0 Å². The first kappa shape index (κ1) is 18.7. The molecule has 0 bridgehead atoms. The van der Waals surface area contributed by atoms with E-state index < -0.39 is 0 Å². The van der Waals surface area contributed by atoms with Crippen LogP contribution in [-0.2, 0) is 17.0 Å². The fourth-order valence-corrected chi connectivity index (χ4v) is 4.89. The number of hydrogen-bond acceptors (Lipinski definition) is 4. The Hall–Kier alpha value is -2.28. The molecule has 148 valence electrons. The summed E-state index contributed by atoms with van der Waals surface area (Å²) >= 11 is 7.82. The molecule has 5 rings (SSSR count). The molecule has 0 radical (unpaired) electrons. The standard InChI is InChI=1S/C22H21ClN4OS/c23-16-6-3-5-15(11-16)14-29-22-26-25-21(27(22)13-17-7-4-10-28-17)19-12-24-20-9-2-1-8-18(19)20/h1-3,5-6,8-9,11-12,17,24H,4,7,10,13-14H2. The van der Waals surface area contributed by atoms with Crippen molar-refractivity contribution in [2.24, 2.45) is 0 Å². The fraction of sp³-hybridized carbons (Fsp3) is 0.273. The smallest absolute Gasteiger partial charge is 0.191 e. The number of halogens is 1. The Labute approximate surface area is 178 Å². The van der Waals surface area contributed by atoms with Gasteiger partial charge in [0.25, 0.3) is 0 Å². The van der Waals surface area contributed by atoms with Gasteiger partial charge in [-0.05, 0) is 36.6 Å². The third-order valence-corrected chi connectivity index (χ3v) is 6.49. The van der Waals surface area contributed by atoms with E-state index in [2.05, 4.69) is 44.0 Å². The van der Waals surface area contributed by atoms with Crippen molar-refractivity contribution >= 4 is 34.3 Å². The SMILES string of the molecule is Clc1cccc(CSc2nnc(-c3c[nH]c4ccccc34)n2CC2CCCO2)c1. The predicted octanol–water partition coefficient (Wildman–Crippen LogP) is 5.55. The van der Waals surface area contributed by atoms with Crippen LogP contribution in [0.3, 0.4) is 0 Å². The lowest BCUT2D eigenvalue weighted by Gasteiger charge is -2.14. The van der Waals surface area contributed by atoms with Crippen LogP contribution in [0.15, 0.2) is 59.9 Å². The second kappa shape index (κ2) is 8.22. The minimum atomic E-state index is 0.209. The molecule has 1 aliphatic rings. The number of thioether (sulfide) groups is 1. The molecule has 0 spiro atoms. The maximum absolute atomic E-state index is 6.14. The Morgan fingerprint density at radius 3 is 2.97 bits per heavy atom. The van der Waals surface area contributed by atoms with Gasteiger partial charge in [-0.1, -0.05) is 53.7 Å². The minimum Gasteiger partial charge on any atom is -0.376 e. The van der Waals surface area contributed by atoms with Gasteiger partial charge >= 0.3 is 0 Å². The normalized spacial score (nSPS) is 16.7. The highest BCUT2D eigenvalue weighted by Gasteiger charge is 2.23. The molecule has 0 aliphatic carbocycles. The number of nitrogens with one attached hydrogen (secondary N) is 1. The number of rotatable bonds is 6. The Bertz CT molecular complexity index is 1130. The summed E-state index contributed by atoms with van der Waals surface area (Å²) in [7, 11) is 0. The topological polar surface area (TPSA) is 55.7 Å². The van der Waals surface area contributed by atoms with Gasteiger partial charge in [0.05, 0.1) is 12.6 Å². The van der Waals surface area contributed by atoms with Crippen molar-refractivity contribution in [2.45, 2.75) is 36.4 Å². The van der Waals surface area contributed by atoms with E-state index in [0.717, 1.165) is 64.2 Å². The zero-order valence-corrected chi connectivity index (χ0v) is 17.4. The van der Waals surface area contributed by atoms with E-state index in [1.54, 1.807) is 11.8 Å². The van der Waals surface area contributed by atoms with Crippen LogP contribution in [0, 0.1) is 0 Å². The van der Waals surface area contributed by atoms with Crippen LogP contribution in [0.25, 0.3) is 22.3 Å². The van der Waals surface area contributed by atoms with E-state index in [0.29, 0.717) is 0 Å². The van der Waals surface area contributed by atoms with Gasteiger partial charge in [0.1, 0.15) is 0 Å². The van der Waals surface area contributed by atoms with Crippen LogP contribution in [0.1, 0.15) is 18.4 Å². The highest BCUT2D eigenvalue weighted by molar-refractivity contribution is 7.98. The molecule has 1 aliphatic heterocycles. The van der Waals surface area contributed by atoms with E-state index in [1.807, 2.05) is 30.5 Å². The molecule has 5 nitrogen and oxygen atoms in total. The molecule has 1 atom stereocenters. The summed E-state index contributed by atoms with van der Waals surface area (Å²) < 4.78 is 8.12. The molecular weight excluding hydrogens is 404 g/mol. The molecule has 0 amide bonds. The van der Waals surface area contributed by atoms with Crippen molar-refractivity contribution in [1.29, 1.82) is 0 Å². The fourth-order valence-electron chi connectivity index (χ4n) is 3.78. The zero-order chi connectivity index (χ0) is 19.6. The first-order valence-corrected chi connectivity index (χ1v) is 11.1. The summed E-state index contributed by atoms with van der Waals surface area (Å²) in [6.45, 7) is 1.60. The number of H-pyrrole nitrogens is 1. The van der Waals surface area contributed by atoms with E-state index in [9.17, 15) is 0 Å². The van der Waals surface area contributed by atoms with Gasteiger partial charge in [-0.2, -0.15) is 0 Å². The predicted molar refractivity (Wildman–Crippen MR) is 117 cm³/mol. The number of benzene rings is 2. The van der Waals surface area contributed by atoms with Gasteiger partial charge in [-0.15, -0.1) is 10.2 Å².